The largest absolute Gasteiger partial charge is 0.370 e. The molecule has 0 aliphatic heterocycles. The van der Waals surface area contributed by atoms with Crippen molar-refractivity contribution in [2.45, 2.75) is 39.9 Å². The van der Waals surface area contributed by atoms with Gasteiger partial charge in [0.25, 0.3) is 0 Å². The van der Waals surface area contributed by atoms with Gasteiger partial charge in [-0.15, -0.1) is 11.3 Å². The van der Waals surface area contributed by atoms with Gasteiger partial charge in [-0.1, -0.05) is 18.2 Å². The Morgan fingerprint density at radius 3 is 2.81 bits per heavy atom. The van der Waals surface area contributed by atoms with Gasteiger partial charge >= 0.3 is 0 Å². The summed E-state index contributed by atoms with van der Waals surface area (Å²) >= 11 is 1.73. The molecule has 0 radical (unpaired) electrons. The van der Waals surface area contributed by atoms with E-state index in [0.717, 1.165) is 22.7 Å². The number of carbonyl (C=O) groups is 1. The molecule has 0 unspecified atom stereocenters. The first-order chi connectivity index (χ1) is 13.0. The average Bonchev–Trinajstić information content (AvgIpc) is 3.28. The van der Waals surface area contributed by atoms with Crippen LogP contribution in [0.2, 0.25) is 0 Å². The van der Waals surface area contributed by atoms with Crippen molar-refractivity contribution >= 4 is 33.1 Å². The van der Waals surface area contributed by atoms with Crippen molar-refractivity contribution in [3.63, 3.8) is 0 Å². The van der Waals surface area contributed by atoms with Crippen LogP contribution in [0.25, 0.3) is 15.9 Å². The number of thiazole rings is 1. The van der Waals surface area contributed by atoms with Crippen molar-refractivity contribution in [1.82, 2.24) is 19.3 Å². The standard InChI is InChI=1S/C20H23N5OS/c1-13-14(2)27-20-23-16(12-25(13)20)10-22-9-15-11-24(8-7-19(21)26)18-6-4-3-5-17(15)18/h3-6,11-12,22H,7-10H2,1-2H3,(H2,21,26). The van der Waals surface area contributed by atoms with E-state index in [-0.39, 0.29) is 5.91 Å². The van der Waals surface area contributed by atoms with E-state index in [1.807, 2.05) is 12.1 Å². The average molecular weight is 382 g/mol. The third kappa shape index (κ3) is 3.48. The van der Waals surface area contributed by atoms with Gasteiger partial charge in [0.15, 0.2) is 4.96 Å². The van der Waals surface area contributed by atoms with Crippen molar-refractivity contribution in [2.75, 3.05) is 0 Å². The van der Waals surface area contributed by atoms with E-state index >= 15 is 0 Å². The summed E-state index contributed by atoms with van der Waals surface area (Å²) in [5.41, 5.74) is 9.95. The Morgan fingerprint density at radius 2 is 2.04 bits per heavy atom. The summed E-state index contributed by atoms with van der Waals surface area (Å²) < 4.78 is 4.27. The number of aryl methyl sites for hydroxylation is 3. The predicted molar refractivity (Wildman–Crippen MR) is 109 cm³/mol. The number of carbonyl (C=O) groups excluding carboxylic acids is 1. The number of primary amides is 1. The Hall–Kier alpha value is -2.64. The highest BCUT2D eigenvalue weighted by molar-refractivity contribution is 7.17. The minimum Gasteiger partial charge on any atom is -0.370 e. The van der Waals surface area contributed by atoms with Gasteiger partial charge in [-0.3, -0.25) is 9.20 Å². The highest BCUT2D eigenvalue weighted by atomic mass is 32.1. The fourth-order valence-corrected chi connectivity index (χ4v) is 4.36. The number of nitrogens with one attached hydrogen (secondary N) is 1. The Kier molecular flexibility index (Phi) is 4.72. The molecule has 0 bridgehead atoms. The number of nitrogens with two attached hydrogens (primary N) is 1. The normalized spacial score (nSPS) is 11.6. The fraction of sp³-hybridized carbons (Fsp3) is 0.300. The SMILES string of the molecule is Cc1sc2nc(CNCc3cn(CCC(N)=O)c4ccccc34)cn2c1C. The summed E-state index contributed by atoms with van der Waals surface area (Å²) in [6.07, 6.45) is 4.56. The first-order valence-corrected chi connectivity index (χ1v) is 9.84. The second kappa shape index (κ2) is 7.17. The number of hydrogen-bond donors (Lipinski definition) is 2. The smallest absolute Gasteiger partial charge is 0.219 e. The fourth-order valence-electron chi connectivity index (χ4n) is 3.39. The molecule has 27 heavy (non-hydrogen) atoms. The summed E-state index contributed by atoms with van der Waals surface area (Å²) in [6.45, 7) is 6.31. The summed E-state index contributed by atoms with van der Waals surface area (Å²) in [6, 6.07) is 8.25. The van der Waals surface area contributed by atoms with E-state index in [2.05, 4.69) is 52.7 Å². The van der Waals surface area contributed by atoms with Crippen LogP contribution in [-0.2, 0) is 24.4 Å². The van der Waals surface area contributed by atoms with Crippen LogP contribution in [0.3, 0.4) is 0 Å². The van der Waals surface area contributed by atoms with Crippen molar-refractivity contribution < 1.29 is 4.79 Å². The summed E-state index contributed by atoms with van der Waals surface area (Å²) in [5.74, 6) is -0.280. The Labute approximate surface area is 161 Å². The second-order valence-corrected chi connectivity index (χ2v) is 7.99. The maximum absolute atomic E-state index is 11.1. The van der Waals surface area contributed by atoms with Gasteiger partial charge in [0, 0.05) is 59.9 Å². The first-order valence-electron chi connectivity index (χ1n) is 9.02. The molecule has 3 heterocycles. The number of benzene rings is 1. The van der Waals surface area contributed by atoms with E-state index in [1.165, 1.54) is 21.5 Å². The molecule has 4 aromatic rings. The number of amides is 1. The van der Waals surface area contributed by atoms with Crippen LogP contribution in [0.5, 0.6) is 0 Å². The van der Waals surface area contributed by atoms with Gasteiger partial charge in [0.05, 0.1) is 5.69 Å². The van der Waals surface area contributed by atoms with Crippen LogP contribution in [0.1, 0.15) is 28.2 Å². The van der Waals surface area contributed by atoms with Gasteiger partial charge < -0.3 is 15.6 Å². The Balaban J connectivity index is 1.48. The zero-order valence-corrected chi connectivity index (χ0v) is 16.3. The Bertz CT molecular complexity index is 1120. The summed E-state index contributed by atoms with van der Waals surface area (Å²) in [7, 11) is 0. The lowest BCUT2D eigenvalue weighted by Gasteiger charge is -2.02. The van der Waals surface area contributed by atoms with Crippen molar-refractivity contribution in [2.24, 2.45) is 5.73 Å². The predicted octanol–water partition coefficient (Wildman–Crippen LogP) is 3.13. The second-order valence-electron chi connectivity index (χ2n) is 6.81. The minimum atomic E-state index is -0.280. The molecule has 1 amide bonds. The van der Waals surface area contributed by atoms with Crippen molar-refractivity contribution in [1.29, 1.82) is 0 Å². The van der Waals surface area contributed by atoms with Crippen molar-refractivity contribution in [3.05, 3.63) is 58.5 Å². The van der Waals surface area contributed by atoms with E-state index < -0.39 is 0 Å². The molecular weight excluding hydrogens is 358 g/mol. The molecule has 0 aliphatic carbocycles. The van der Waals surface area contributed by atoms with Gasteiger partial charge in [0.1, 0.15) is 0 Å². The third-order valence-corrected chi connectivity index (χ3v) is 6.00. The van der Waals surface area contributed by atoms with E-state index in [1.54, 1.807) is 11.3 Å². The lowest BCUT2D eigenvalue weighted by molar-refractivity contribution is -0.118. The molecule has 0 fully saturated rings. The van der Waals surface area contributed by atoms with Crippen LogP contribution in [0.15, 0.2) is 36.7 Å². The number of aromatic nitrogens is 3. The molecule has 3 aromatic heterocycles. The summed E-state index contributed by atoms with van der Waals surface area (Å²) in [5, 5.41) is 4.70. The van der Waals surface area contributed by atoms with E-state index in [9.17, 15) is 4.79 Å². The van der Waals surface area contributed by atoms with Crippen molar-refractivity contribution in [3.8, 4) is 0 Å². The molecule has 0 saturated heterocycles. The van der Waals surface area contributed by atoms with Crippen LogP contribution >= 0.6 is 11.3 Å². The van der Waals surface area contributed by atoms with Crippen LogP contribution in [0.4, 0.5) is 0 Å². The van der Waals surface area contributed by atoms with Gasteiger partial charge in [-0.05, 0) is 25.5 Å². The lowest BCUT2D eigenvalue weighted by Crippen LogP contribution is -2.14. The molecule has 3 N–H and O–H groups in total. The third-order valence-electron chi connectivity index (χ3n) is 4.93. The Morgan fingerprint density at radius 1 is 1.22 bits per heavy atom. The van der Waals surface area contributed by atoms with Crippen LogP contribution in [-0.4, -0.2) is 19.9 Å². The van der Waals surface area contributed by atoms with Crippen LogP contribution in [0, 0.1) is 13.8 Å². The molecule has 0 spiro atoms. The molecule has 7 heteroatoms. The van der Waals surface area contributed by atoms with Gasteiger partial charge in [-0.2, -0.15) is 0 Å². The number of imidazole rings is 1. The number of rotatable bonds is 7. The molecule has 6 nitrogen and oxygen atoms in total. The number of hydrogen-bond acceptors (Lipinski definition) is 4. The van der Waals surface area contributed by atoms with E-state index in [0.29, 0.717) is 19.5 Å². The number of nitrogens with zero attached hydrogens (tertiary/aromatic N) is 3. The topological polar surface area (TPSA) is 77.3 Å². The van der Waals surface area contributed by atoms with Gasteiger partial charge in [0.2, 0.25) is 5.91 Å². The summed E-state index contributed by atoms with van der Waals surface area (Å²) in [4.78, 5) is 18.2. The molecule has 0 atom stereocenters. The molecule has 4 rings (SSSR count). The van der Waals surface area contributed by atoms with E-state index in [4.69, 9.17) is 10.7 Å². The molecule has 0 saturated carbocycles. The quantitative estimate of drug-likeness (QED) is 0.516. The molecule has 0 aliphatic rings. The first kappa shape index (κ1) is 17.8. The number of para-hydroxylation sites is 1. The van der Waals surface area contributed by atoms with Gasteiger partial charge in [-0.25, -0.2) is 4.98 Å². The minimum absolute atomic E-state index is 0.280. The lowest BCUT2D eigenvalue weighted by atomic mass is 10.2. The molecular formula is C20H23N5OS. The highest BCUT2D eigenvalue weighted by Crippen LogP contribution is 2.23. The molecule has 1 aromatic carbocycles. The van der Waals surface area contributed by atoms with Crippen LogP contribution < -0.4 is 11.1 Å². The maximum atomic E-state index is 11.1. The number of fused-ring (bicyclic) bond motifs is 2. The highest BCUT2D eigenvalue weighted by Gasteiger charge is 2.11. The monoisotopic (exact) mass is 381 g/mol. The molecule has 140 valence electrons. The zero-order chi connectivity index (χ0) is 19.0. The zero-order valence-electron chi connectivity index (χ0n) is 15.5. The maximum Gasteiger partial charge on any atom is 0.219 e.